The summed E-state index contributed by atoms with van der Waals surface area (Å²) >= 11 is 6.15. The Morgan fingerprint density at radius 1 is 1.25 bits per heavy atom. The molecule has 1 heterocycles. The van der Waals surface area contributed by atoms with Crippen LogP contribution < -0.4 is 10.1 Å². The molecular weight excluding hydrogens is 274 g/mol. The third kappa shape index (κ3) is 3.56. The first kappa shape index (κ1) is 14.9. The van der Waals surface area contributed by atoms with Crippen molar-refractivity contribution in [3.63, 3.8) is 0 Å². The lowest BCUT2D eigenvalue weighted by Gasteiger charge is -2.10. The van der Waals surface area contributed by atoms with Crippen molar-refractivity contribution < 1.29 is 9.15 Å². The van der Waals surface area contributed by atoms with Gasteiger partial charge in [0, 0.05) is 17.1 Å². The van der Waals surface area contributed by atoms with Crippen LogP contribution in [0.5, 0.6) is 5.75 Å². The summed E-state index contributed by atoms with van der Waals surface area (Å²) in [4.78, 5) is 0. The predicted octanol–water partition coefficient (Wildman–Crippen LogP) is 4.24. The van der Waals surface area contributed by atoms with Crippen LogP contribution in [0, 0.1) is 13.8 Å². The average molecular weight is 294 g/mol. The maximum atomic E-state index is 6.15. The molecule has 2 rings (SSSR count). The van der Waals surface area contributed by atoms with Gasteiger partial charge in [-0.05, 0) is 49.7 Å². The number of rotatable bonds is 6. The van der Waals surface area contributed by atoms with Gasteiger partial charge in [0.15, 0.2) is 0 Å². The summed E-state index contributed by atoms with van der Waals surface area (Å²) in [6, 6.07) is 5.87. The van der Waals surface area contributed by atoms with Gasteiger partial charge in [-0.15, -0.1) is 0 Å². The van der Waals surface area contributed by atoms with E-state index in [1.807, 2.05) is 32.0 Å². The molecule has 0 aliphatic carbocycles. The molecule has 0 aliphatic rings. The fourth-order valence-electron chi connectivity index (χ4n) is 2.05. The summed E-state index contributed by atoms with van der Waals surface area (Å²) in [7, 11) is 0. The predicted molar refractivity (Wildman–Crippen MR) is 81.3 cm³/mol. The van der Waals surface area contributed by atoms with E-state index in [-0.39, 0.29) is 0 Å². The number of halogens is 1. The quantitative estimate of drug-likeness (QED) is 0.865. The number of benzene rings is 1. The van der Waals surface area contributed by atoms with Gasteiger partial charge in [-0.3, -0.25) is 0 Å². The second-order valence-corrected chi connectivity index (χ2v) is 5.19. The summed E-state index contributed by atoms with van der Waals surface area (Å²) in [6.07, 6.45) is 1.70. The molecule has 3 nitrogen and oxygen atoms in total. The second-order valence-electron chi connectivity index (χ2n) is 4.81. The monoisotopic (exact) mass is 293 g/mol. The maximum Gasteiger partial charge on any atom is 0.146 e. The Morgan fingerprint density at radius 3 is 2.60 bits per heavy atom. The van der Waals surface area contributed by atoms with Crippen molar-refractivity contribution in [2.24, 2.45) is 0 Å². The molecule has 20 heavy (non-hydrogen) atoms. The van der Waals surface area contributed by atoms with E-state index < -0.39 is 0 Å². The molecule has 108 valence electrons. The van der Waals surface area contributed by atoms with Crippen molar-refractivity contribution in [3.05, 3.63) is 51.9 Å². The first-order chi connectivity index (χ1) is 9.61. The molecule has 0 atom stereocenters. The topological polar surface area (TPSA) is 34.4 Å². The minimum atomic E-state index is 0.425. The zero-order valence-corrected chi connectivity index (χ0v) is 12.9. The molecule has 1 aromatic carbocycles. The minimum absolute atomic E-state index is 0.425. The highest BCUT2D eigenvalue weighted by Gasteiger charge is 2.08. The normalized spacial score (nSPS) is 10.8. The highest BCUT2D eigenvalue weighted by molar-refractivity contribution is 6.32. The molecule has 0 saturated heterocycles. The Morgan fingerprint density at radius 2 is 1.95 bits per heavy atom. The van der Waals surface area contributed by atoms with Crippen molar-refractivity contribution in [3.8, 4) is 5.75 Å². The van der Waals surface area contributed by atoms with Gasteiger partial charge in [0.05, 0.1) is 6.26 Å². The highest BCUT2D eigenvalue weighted by Crippen LogP contribution is 2.26. The zero-order valence-electron chi connectivity index (χ0n) is 12.1. The van der Waals surface area contributed by atoms with Crippen LogP contribution in [0.1, 0.15) is 29.4 Å². The van der Waals surface area contributed by atoms with Gasteiger partial charge in [0.1, 0.15) is 18.1 Å². The molecule has 2 aromatic rings. The van der Waals surface area contributed by atoms with Gasteiger partial charge in [-0.2, -0.15) is 0 Å². The van der Waals surface area contributed by atoms with Crippen molar-refractivity contribution in [1.29, 1.82) is 0 Å². The number of aryl methyl sites for hydroxylation is 2. The Kier molecular flexibility index (Phi) is 5.10. The van der Waals surface area contributed by atoms with Gasteiger partial charge < -0.3 is 14.5 Å². The van der Waals surface area contributed by atoms with E-state index >= 15 is 0 Å². The second kappa shape index (κ2) is 6.82. The number of furan rings is 1. The van der Waals surface area contributed by atoms with E-state index in [4.69, 9.17) is 20.8 Å². The van der Waals surface area contributed by atoms with Crippen LogP contribution in [0.15, 0.2) is 28.9 Å². The summed E-state index contributed by atoms with van der Waals surface area (Å²) in [5, 5.41) is 4.08. The van der Waals surface area contributed by atoms with Crippen LogP contribution in [0.25, 0.3) is 0 Å². The lowest BCUT2D eigenvalue weighted by Crippen LogP contribution is -2.12. The lowest BCUT2D eigenvalue weighted by atomic mass is 10.1. The van der Waals surface area contributed by atoms with Crippen LogP contribution in [-0.2, 0) is 13.2 Å². The maximum absolute atomic E-state index is 6.15. The summed E-state index contributed by atoms with van der Waals surface area (Å²) < 4.78 is 11.3. The first-order valence-corrected chi connectivity index (χ1v) is 7.15. The molecule has 0 bridgehead atoms. The molecule has 0 spiro atoms. The summed E-state index contributed by atoms with van der Waals surface area (Å²) in [5.41, 5.74) is 3.18. The van der Waals surface area contributed by atoms with Gasteiger partial charge in [-0.25, -0.2) is 0 Å². The van der Waals surface area contributed by atoms with E-state index in [9.17, 15) is 0 Å². The highest BCUT2D eigenvalue weighted by atomic mass is 35.5. The Balaban J connectivity index is 2.04. The molecule has 1 aromatic heterocycles. The first-order valence-electron chi connectivity index (χ1n) is 6.77. The number of hydrogen-bond donors (Lipinski definition) is 1. The van der Waals surface area contributed by atoms with Crippen LogP contribution in [0.4, 0.5) is 0 Å². The van der Waals surface area contributed by atoms with Crippen LogP contribution in [0.3, 0.4) is 0 Å². The molecule has 0 fully saturated rings. The third-order valence-electron chi connectivity index (χ3n) is 3.18. The molecule has 0 unspecified atom stereocenters. The standard InChI is InChI=1S/C16H20ClNO2/c1-4-18-9-13-5-6-19-15(13)10-20-14-7-11(2)16(17)12(3)8-14/h5-8,18H,4,9-10H2,1-3H3. The fourth-order valence-corrected chi connectivity index (χ4v) is 2.16. The Bertz CT molecular complexity index is 555. The largest absolute Gasteiger partial charge is 0.486 e. The van der Waals surface area contributed by atoms with Crippen molar-refractivity contribution in [2.75, 3.05) is 6.54 Å². The minimum Gasteiger partial charge on any atom is -0.486 e. The number of ether oxygens (including phenoxy) is 1. The molecule has 0 radical (unpaired) electrons. The summed E-state index contributed by atoms with van der Waals surface area (Å²) in [5.74, 6) is 1.67. The summed E-state index contributed by atoms with van der Waals surface area (Å²) in [6.45, 7) is 8.19. The van der Waals surface area contributed by atoms with Gasteiger partial charge in [-0.1, -0.05) is 18.5 Å². The third-order valence-corrected chi connectivity index (χ3v) is 3.78. The number of nitrogens with one attached hydrogen (secondary N) is 1. The van der Waals surface area contributed by atoms with E-state index in [1.165, 1.54) is 0 Å². The van der Waals surface area contributed by atoms with Crippen LogP contribution in [-0.4, -0.2) is 6.54 Å². The molecule has 4 heteroatoms. The van der Waals surface area contributed by atoms with E-state index in [0.29, 0.717) is 6.61 Å². The zero-order chi connectivity index (χ0) is 14.5. The van der Waals surface area contributed by atoms with E-state index in [1.54, 1.807) is 6.26 Å². The fraction of sp³-hybridized carbons (Fsp3) is 0.375. The van der Waals surface area contributed by atoms with Gasteiger partial charge in [0.25, 0.3) is 0 Å². The van der Waals surface area contributed by atoms with Gasteiger partial charge >= 0.3 is 0 Å². The van der Waals surface area contributed by atoms with Crippen molar-refractivity contribution >= 4 is 11.6 Å². The van der Waals surface area contributed by atoms with Crippen LogP contribution in [0.2, 0.25) is 5.02 Å². The number of hydrogen-bond acceptors (Lipinski definition) is 3. The van der Waals surface area contributed by atoms with E-state index in [2.05, 4.69) is 12.2 Å². The van der Waals surface area contributed by atoms with Crippen molar-refractivity contribution in [2.45, 2.75) is 33.9 Å². The smallest absolute Gasteiger partial charge is 0.146 e. The SMILES string of the molecule is CCNCc1ccoc1COc1cc(C)c(Cl)c(C)c1. The molecule has 1 N–H and O–H groups in total. The Labute approximate surface area is 124 Å². The molecule has 0 saturated carbocycles. The average Bonchev–Trinajstić information content (AvgIpc) is 2.87. The van der Waals surface area contributed by atoms with E-state index in [0.717, 1.165) is 46.3 Å². The molecule has 0 amide bonds. The lowest BCUT2D eigenvalue weighted by molar-refractivity contribution is 0.268. The molecular formula is C16H20ClNO2. The molecule has 0 aliphatic heterocycles. The van der Waals surface area contributed by atoms with Gasteiger partial charge in [0.2, 0.25) is 0 Å². The van der Waals surface area contributed by atoms with Crippen molar-refractivity contribution in [1.82, 2.24) is 5.32 Å². The Hall–Kier alpha value is -1.45. The van der Waals surface area contributed by atoms with Crippen LogP contribution >= 0.6 is 11.6 Å².